The summed E-state index contributed by atoms with van der Waals surface area (Å²) in [5, 5.41) is 4.23. The van der Waals surface area contributed by atoms with Crippen molar-refractivity contribution in [3.05, 3.63) is 30.1 Å². The molecule has 1 rings (SSSR count). The van der Waals surface area contributed by atoms with Gasteiger partial charge in [0.15, 0.2) is 0 Å². The summed E-state index contributed by atoms with van der Waals surface area (Å²) < 4.78 is 0. The van der Waals surface area contributed by atoms with E-state index < -0.39 is 0 Å². The first-order valence-corrected chi connectivity index (χ1v) is 6.74. The predicted octanol–water partition coefficient (Wildman–Crippen LogP) is 2.36. The van der Waals surface area contributed by atoms with E-state index >= 15 is 0 Å². The van der Waals surface area contributed by atoms with Crippen LogP contribution in [-0.2, 0) is 6.42 Å². The molecule has 0 radical (unpaired) electrons. The first-order valence-electron chi connectivity index (χ1n) is 5.45. The standard InChI is InChI=1S/C12H20N2S/c1-11(15-2)3-7-13-8-4-12-5-9-14-10-6-12/h5-6,9-11,13H,3-4,7-8H2,1-2H3. The number of aromatic nitrogens is 1. The number of rotatable bonds is 7. The van der Waals surface area contributed by atoms with Gasteiger partial charge in [-0.15, -0.1) is 0 Å². The van der Waals surface area contributed by atoms with Crippen molar-refractivity contribution in [3.8, 4) is 0 Å². The van der Waals surface area contributed by atoms with E-state index in [4.69, 9.17) is 0 Å². The van der Waals surface area contributed by atoms with Crippen LogP contribution in [0, 0.1) is 0 Å². The Morgan fingerprint density at radius 2 is 2.07 bits per heavy atom. The quantitative estimate of drug-likeness (QED) is 0.720. The Morgan fingerprint density at radius 1 is 1.33 bits per heavy atom. The van der Waals surface area contributed by atoms with Gasteiger partial charge in [-0.1, -0.05) is 6.92 Å². The van der Waals surface area contributed by atoms with Gasteiger partial charge >= 0.3 is 0 Å². The monoisotopic (exact) mass is 224 g/mol. The molecule has 0 aliphatic carbocycles. The summed E-state index contributed by atoms with van der Waals surface area (Å²) in [6.07, 6.45) is 8.21. The van der Waals surface area contributed by atoms with Crippen molar-refractivity contribution >= 4 is 11.8 Å². The number of thioether (sulfide) groups is 1. The van der Waals surface area contributed by atoms with Crippen LogP contribution >= 0.6 is 11.8 Å². The second-order valence-corrected chi connectivity index (χ2v) is 4.97. The molecule has 0 aromatic carbocycles. The fourth-order valence-corrected chi connectivity index (χ4v) is 1.68. The van der Waals surface area contributed by atoms with Crippen LogP contribution in [0.3, 0.4) is 0 Å². The molecule has 0 spiro atoms. The van der Waals surface area contributed by atoms with Gasteiger partial charge in [-0.2, -0.15) is 11.8 Å². The fraction of sp³-hybridized carbons (Fsp3) is 0.583. The first-order chi connectivity index (χ1) is 7.33. The van der Waals surface area contributed by atoms with E-state index in [2.05, 4.69) is 35.6 Å². The van der Waals surface area contributed by atoms with Crippen LogP contribution in [-0.4, -0.2) is 29.6 Å². The van der Waals surface area contributed by atoms with Crippen molar-refractivity contribution in [3.63, 3.8) is 0 Å². The zero-order valence-corrected chi connectivity index (χ0v) is 10.4. The number of hydrogen-bond donors (Lipinski definition) is 1. The van der Waals surface area contributed by atoms with Gasteiger partial charge in [0.1, 0.15) is 0 Å². The van der Waals surface area contributed by atoms with E-state index in [9.17, 15) is 0 Å². The molecule has 15 heavy (non-hydrogen) atoms. The maximum Gasteiger partial charge on any atom is 0.0270 e. The highest BCUT2D eigenvalue weighted by molar-refractivity contribution is 7.99. The molecule has 0 fully saturated rings. The fourth-order valence-electron chi connectivity index (χ4n) is 1.33. The third-order valence-electron chi connectivity index (χ3n) is 2.47. The van der Waals surface area contributed by atoms with Crippen LogP contribution in [0.15, 0.2) is 24.5 Å². The Kier molecular flexibility index (Phi) is 6.44. The summed E-state index contributed by atoms with van der Waals surface area (Å²) in [5.74, 6) is 0. The molecule has 0 saturated heterocycles. The smallest absolute Gasteiger partial charge is 0.0270 e. The molecule has 1 heterocycles. The van der Waals surface area contributed by atoms with Gasteiger partial charge in [0.25, 0.3) is 0 Å². The lowest BCUT2D eigenvalue weighted by atomic mass is 10.2. The zero-order chi connectivity index (χ0) is 10.9. The molecule has 0 aliphatic heterocycles. The van der Waals surface area contributed by atoms with Gasteiger partial charge in [-0.05, 0) is 49.9 Å². The van der Waals surface area contributed by atoms with E-state index in [0.717, 1.165) is 24.8 Å². The highest BCUT2D eigenvalue weighted by Gasteiger charge is 1.97. The van der Waals surface area contributed by atoms with Gasteiger partial charge in [0.2, 0.25) is 0 Å². The topological polar surface area (TPSA) is 24.9 Å². The minimum atomic E-state index is 0.762. The Labute approximate surface area is 96.9 Å². The average molecular weight is 224 g/mol. The second kappa shape index (κ2) is 7.71. The van der Waals surface area contributed by atoms with E-state index in [1.807, 2.05) is 24.2 Å². The lowest BCUT2D eigenvalue weighted by Crippen LogP contribution is -2.20. The molecule has 84 valence electrons. The van der Waals surface area contributed by atoms with Crippen LogP contribution in [0.4, 0.5) is 0 Å². The second-order valence-electron chi connectivity index (χ2n) is 3.69. The Hall–Kier alpha value is -0.540. The molecule has 1 N–H and O–H groups in total. The third-order valence-corrected chi connectivity index (χ3v) is 3.51. The van der Waals surface area contributed by atoms with Crippen LogP contribution < -0.4 is 5.32 Å². The van der Waals surface area contributed by atoms with Crippen molar-refractivity contribution < 1.29 is 0 Å². The number of hydrogen-bond acceptors (Lipinski definition) is 3. The van der Waals surface area contributed by atoms with Crippen LogP contribution in [0.2, 0.25) is 0 Å². The van der Waals surface area contributed by atoms with Crippen molar-refractivity contribution in [2.45, 2.75) is 25.0 Å². The molecule has 1 unspecified atom stereocenters. The first kappa shape index (κ1) is 12.5. The van der Waals surface area contributed by atoms with Crippen molar-refractivity contribution in [2.75, 3.05) is 19.3 Å². The number of nitrogens with zero attached hydrogens (tertiary/aromatic N) is 1. The summed E-state index contributed by atoms with van der Waals surface area (Å²) >= 11 is 1.93. The van der Waals surface area contributed by atoms with Crippen LogP contribution in [0.1, 0.15) is 18.9 Å². The molecule has 3 heteroatoms. The lowest BCUT2D eigenvalue weighted by Gasteiger charge is -2.08. The van der Waals surface area contributed by atoms with Gasteiger partial charge in [-0.3, -0.25) is 4.98 Å². The molecule has 1 atom stereocenters. The molecule has 0 bridgehead atoms. The van der Waals surface area contributed by atoms with Crippen molar-refractivity contribution in [1.82, 2.24) is 10.3 Å². The molecule has 1 aromatic rings. The average Bonchev–Trinajstić information content (AvgIpc) is 2.29. The zero-order valence-electron chi connectivity index (χ0n) is 9.57. The van der Waals surface area contributed by atoms with Crippen LogP contribution in [0.25, 0.3) is 0 Å². The molecule has 1 aromatic heterocycles. The van der Waals surface area contributed by atoms with Gasteiger partial charge in [0, 0.05) is 17.6 Å². The van der Waals surface area contributed by atoms with E-state index in [-0.39, 0.29) is 0 Å². The molecular formula is C12H20N2S. The van der Waals surface area contributed by atoms with E-state index in [1.165, 1.54) is 12.0 Å². The van der Waals surface area contributed by atoms with Crippen molar-refractivity contribution in [1.29, 1.82) is 0 Å². The highest BCUT2D eigenvalue weighted by atomic mass is 32.2. The van der Waals surface area contributed by atoms with Crippen LogP contribution in [0.5, 0.6) is 0 Å². The number of pyridine rings is 1. The summed E-state index contributed by atoms with van der Waals surface area (Å²) in [7, 11) is 0. The molecule has 2 nitrogen and oxygen atoms in total. The molecule has 0 aliphatic rings. The lowest BCUT2D eigenvalue weighted by molar-refractivity contribution is 0.646. The van der Waals surface area contributed by atoms with Gasteiger partial charge in [-0.25, -0.2) is 0 Å². The highest BCUT2D eigenvalue weighted by Crippen LogP contribution is 2.07. The predicted molar refractivity (Wildman–Crippen MR) is 68.4 cm³/mol. The Bertz CT molecular complexity index is 251. The Morgan fingerprint density at radius 3 is 2.73 bits per heavy atom. The van der Waals surface area contributed by atoms with E-state index in [1.54, 1.807) is 0 Å². The summed E-state index contributed by atoms with van der Waals surface area (Å²) in [5.41, 5.74) is 1.36. The van der Waals surface area contributed by atoms with Gasteiger partial charge < -0.3 is 5.32 Å². The normalized spacial score (nSPS) is 12.7. The maximum absolute atomic E-state index is 4.00. The molecule has 0 saturated carbocycles. The largest absolute Gasteiger partial charge is 0.316 e. The van der Waals surface area contributed by atoms with Crippen molar-refractivity contribution in [2.24, 2.45) is 0 Å². The minimum absolute atomic E-state index is 0.762. The maximum atomic E-state index is 4.00. The molecule has 0 amide bonds. The summed E-state index contributed by atoms with van der Waals surface area (Å²) in [4.78, 5) is 4.00. The van der Waals surface area contributed by atoms with Gasteiger partial charge in [0.05, 0.1) is 0 Å². The SMILES string of the molecule is CSC(C)CCNCCc1ccncc1. The summed E-state index contributed by atoms with van der Waals surface area (Å²) in [6.45, 7) is 4.45. The Balaban J connectivity index is 2.03. The minimum Gasteiger partial charge on any atom is -0.316 e. The summed E-state index contributed by atoms with van der Waals surface area (Å²) in [6, 6.07) is 4.15. The molecular weight excluding hydrogens is 204 g/mol. The number of nitrogens with one attached hydrogen (secondary N) is 1. The third kappa shape index (κ3) is 5.80. The van der Waals surface area contributed by atoms with E-state index in [0.29, 0.717) is 0 Å².